The highest BCUT2D eigenvalue weighted by Gasteiger charge is 2.28. The van der Waals surface area contributed by atoms with Crippen LogP contribution in [0.25, 0.3) is 0 Å². The Hall–Kier alpha value is -2.37. The van der Waals surface area contributed by atoms with Crippen LogP contribution in [0.2, 0.25) is 0 Å². The molecule has 3 rings (SSSR count). The highest BCUT2D eigenvalue weighted by atomic mass is 16.2. The third-order valence-corrected chi connectivity index (χ3v) is 3.77. The van der Waals surface area contributed by atoms with Crippen molar-refractivity contribution < 1.29 is 4.79 Å². The molecule has 20 heavy (non-hydrogen) atoms. The average Bonchev–Trinajstić information content (AvgIpc) is 3.11. The van der Waals surface area contributed by atoms with Crippen LogP contribution in [0.15, 0.2) is 35.4 Å². The van der Waals surface area contributed by atoms with Gasteiger partial charge in [0.25, 0.3) is 5.91 Å². The monoisotopic (exact) mass is 272 g/mol. The Bertz CT molecular complexity index is 675. The molecule has 0 spiro atoms. The molecule has 1 saturated heterocycles. The third kappa shape index (κ3) is 2.24. The van der Waals surface area contributed by atoms with Crippen LogP contribution in [-0.4, -0.2) is 38.7 Å². The summed E-state index contributed by atoms with van der Waals surface area (Å²) >= 11 is 0. The largest absolute Gasteiger partial charge is 0.338 e. The highest BCUT2D eigenvalue weighted by Crippen LogP contribution is 2.26. The van der Waals surface area contributed by atoms with Crippen molar-refractivity contribution in [3.05, 3.63) is 52.2 Å². The molecule has 104 valence electrons. The summed E-state index contributed by atoms with van der Waals surface area (Å²) in [4.78, 5) is 25.6. The normalized spacial score (nSPS) is 18.4. The van der Waals surface area contributed by atoms with Gasteiger partial charge in [-0.2, -0.15) is 5.10 Å². The lowest BCUT2D eigenvalue weighted by atomic mass is 10.1. The predicted molar refractivity (Wildman–Crippen MR) is 73.5 cm³/mol. The number of likely N-dealkylation sites (tertiary alicyclic amines) is 1. The van der Waals surface area contributed by atoms with E-state index in [9.17, 15) is 9.59 Å². The van der Waals surface area contributed by atoms with Crippen LogP contribution in [0, 0.1) is 0 Å². The minimum atomic E-state index is -0.113. The number of hydrogen-bond donors (Lipinski definition) is 1. The Morgan fingerprint density at radius 1 is 1.40 bits per heavy atom. The Kier molecular flexibility index (Phi) is 3.14. The molecule has 6 heteroatoms. The van der Waals surface area contributed by atoms with Gasteiger partial charge in [-0.15, -0.1) is 0 Å². The molecule has 0 radical (unpaired) electrons. The number of rotatable bonds is 2. The number of amides is 1. The fourth-order valence-corrected chi connectivity index (χ4v) is 2.60. The molecule has 0 saturated carbocycles. The van der Waals surface area contributed by atoms with Crippen LogP contribution in [0.5, 0.6) is 0 Å². The number of nitrogens with zero attached hydrogens (tertiary/aromatic N) is 3. The molecule has 0 aromatic carbocycles. The fourth-order valence-electron chi connectivity index (χ4n) is 2.60. The zero-order valence-corrected chi connectivity index (χ0v) is 11.2. The van der Waals surface area contributed by atoms with Crippen molar-refractivity contribution in [2.45, 2.75) is 12.3 Å². The molecule has 1 aliphatic heterocycles. The number of pyridine rings is 1. The van der Waals surface area contributed by atoms with Crippen molar-refractivity contribution in [3.63, 3.8) is 0 Å². The summed E-state index contributed by atoms with van der Waals surface area (Å²) in [6.07, 6.45) is 4.25. The van der Waals surface area contributed by atoms with E-state index in [-0.39, 0.29) is 11.5 Å². The van der Waals surface area contributed by atoms with E-state index in [0.717, 1.165) is 18.7 Å². The van der Waals surface area contributed by atoms with Gasteiger partial charge >= 0.3 is 0 Å². The van der Waals surface area contributed by atoms with Gasteiger partial charge in [0.2, 0.25) is 5.56 Å². The van der Waals surface area contributed by atoms with Gasteiger partial charge in [-0.05, 0) is 18.6 Å². The molecular formula is C14H16N4O2. The molecule has 6 nitrogen and oxygen atoms in total. The number of aryl methyl sites for hydroxylation is 1. The standard InChI is InChI=1S/C14H16N4O2/c1-17-8-11(2-3-13(17)19)14(20)18-7-5-10(9-18)12-4-6-15-16-12/h2-4,6,8,10H,5,7,9H2,1H3,(H,15,16)/t10-/m1/s1. The maximum atomic E-state index is 12.4. The topological polar surface area (TPSA) is 71.0 Å². The van der Waals surface area contributed by atoms with Crippen molar-refractivity contribution in [2.24, 2.45) is 7.05 Å². The van der Waals surface area contributed by atoms with Gasteiger partial charge in [0, 0.05) is 50.2 Å². The molecule has 0 bridgehead atoms. The minimum Gasteiger partial charge on any atom is -0.338 e. The average molecular weight is 272 g/mol. The second-order valence-corrected chi connectivity index (χ2v) is 5.12. The number of carbonyl (C=O) groups is 1. The van der Waals surface area contributed by atoms with Gasteiger partial charge in [0.05, 0.1) is 5.56 Å². The molecule has 3 heterocycles. The van der Waals surface area contributed by atoms with Crippen LogP contribution in [-0.2, 0) is 7.05 Å². The molecule has 2 aromatic rings. The van der Waals surface area contributed by atoms with E-state index in [1.807, 2.05) is 11.0 Å². The van der Waals surface area contributed by atoms with E-state index < -0.39 is 0 Å². The summed E-state index contributed by atoms with van der Waals surface area (Å²) in [6.45, 7) is 1.41. The molecule has 0 aliphatic carbocycles. The number of hydrogen-bond acceptors (Lipinski definition) is 3. The van der Waals surface area contributed by atoms with Crippen molar-refractivity contribution in [1.82, 2.24) is 19.7 Å². The van der Waals surface area contributed by atoms with Crippen LogP contribution in [0.1, 0.15) is 28.4 Å². The van der Waals surface area contributed by atoms with Gasteiger partial charge in [-0.1, -0.05) is 0 Å². The third-order valence-electron chi connectivity index (χ3n) is 3.77. The summed E-state index contributed by atoms with van der Waals surface area (Å²) in [5.74, 6) is 0.289. The number of nitrogens with one attached hydrogen (secondary N) is 1. The first-order valence-electron chi connectivity index (χ1n) is 6.60. The summed E-state index contributed by atoms with van der Waals surface area (Å²) in [7, 11) is 1.65. The summed E-state index contributed by atoms with van der Waals surface area (Å²) < 4.78 is 1.43. The Morgan fingerprint density at radius 3 is 2.95 bits per heavy atom. The maximum Gasteiger partial charge on any atom is 0.255 e. The smallest absolute Gasteiger partial charge is 0.255 e. The minimum absolute atomic E-state index is 0.0254. The van der Waals surface area contributed by atoms with E-state index in [1.165, 1.54) is 10.6 Å². The molecule has 1 N–H and O–H groups in total. The van der Waals surface area contributed by atoms with Crippen LogP contribution in [0.3, 0.4) is 0 Å². The molecule has 0 unspecified atom stereocenters. The molecular weight excluding hydrogens is 256 g/mol. The van der Waals surface area contributed by atoms with Gasteiger partial charge in [-0.25, -0.2) is 0 Å². The second-order valence-electron chi connectivity index (χ2n) is 5.12. The van der Waals surface area contributed by atoms with E-state index >= 15 is 0 Å². The summed E-state index contributed by atoms with van der Waals surface area (Å²) in [5.41, 5.74) is 1.51. The van der Waals surface area contributed by atoms with Gasteiger partial charge in [0.15, 0.2) is 0 Å². The maximum absolute atomic E-state index is 12.4. The van der Waals surface area contributed by atoms with E-state index in [4.69, 9.17) is 0 Å². The SMILES string of the molecule is Cn1cc(C(=O)N2CC[C@@H](c3ccn[nH]3)C2)ccc1=O. The van der Waals surface area contributed by atoms with Gasteiger partial charge in [-0.3, -0.25) is 14.7 Å². The molecule has 1 atom stereocenters. The first kappa shape index (κ1) is 12.7. The zero-order chi connectivity index (χ0) is 14.1. The zero-order valence-electron chi connectivity index (χ0n) is 11.2. The number of H-pyrrole nitrogens is 1. The quantitative estimate of drug-likeness (QED) is 0.876. The lowest BCUT2D eigenvalue weighted by molar-refractivity contribution is 0.0789. The van der Waals surface area contributed by atoms with Gasteiger partial charge in [0.1, 0.15) is 0 Å². The molecule has 1 amide bonds. The summed E-state index contributed by atoms with van der Waals surface area (Å²) in [5, 5.41) is 6.91. The fraction of sp³-hybridized carbons (Fsp3) is 0.357. The van der Waals surface area contributed by atoms with E-state index in [1.54, 1.807) is 25.5 Å². The molecule has 1 fully saturated rings. The van der Waals surface area contributed by atoms with Crippen LogP contribution >= 0.6 is 0 Å². The van der Waals surface area contributed by atoms with E-state index in [2.05, 4.69) is 10.2 Å². The van der Waals surface area contributed by atoms with Crippen LogP contribution < -0.4 is 5.56 Å². The lowest BCUT2D eigenvalue weighted by Crippen LogP contribution is -2.29. The molecule has 1 aliphatic rings. The van der Waals surface area contributed by atoms with E-state index in [0.29, 0.717) is 18.0 Å². The predicted octanol–water partition coefficient (Wildman–Crippen LogP) is 0.738. The Labute approximate surface area is 116 Å². The van der Waals surface area contributed by atoms with Crippen molar-refractivity contribution >= 4 is 5.91 Å². The first-order chi connectivity index (χ1) is 9.65. The molecule has 2 aromatic heterocycles. The number of aromatic amines is 1. The number of aromatic nitrogens is 3. The Morgan fingerprint density at radius 2 is 2.25 bits per heavy atom. The van der Waals surface area contributed by atoms with Crippen molar-refractivity contribution in [2.75, 3.05) is 13.1 Å². The number of carbonyl (C=O) groups excluding carboxylic acids is 1. The highest BCUT2D eigenvalue weighted by molar-refractivity contribution is 5.94. The second kappa shape index (κ2) is 4.96. The van der Waals surface area contributed by atoms with Crippen molar-refractivity contribution in [3.8, 4) is 0 Å². The van der Waals surface area contributed by atoms with Gasteiger partial charge < -0.3 is 9.47 Å². The summed E-state index contributed by atoms with van der Waals surface area (Å²) in [6, 6.07) is 4.97. The first-order valence-corrected chi connectivity index (χ1v) is 6.60. The van der Waals surface area contributed by atoms with Crippen LogP contribution in [0.4, 0.5) is 0 Å². The van der Waals surface area contributed by atoms with Crippen molar-refractivity contribution in [1.29, 1.82) is 0 Å². The Balaban J connectivity index is 1.75. The lowest BCUT2D eigenvalue weighted by Gasteiger charge is -2.16.